The van der Waals surface area contributed by atoms with Crippen molar-refractivity contribution < 1.29 is 9.18 Å². The summed E-state index contributed by atoms with van der Waals surface area (Å²) in [6, 6.07) is 13.0. The van der Waals surface area contributed by atoms with Crippen molar-refractivity contribution in [1.82, 2.24) is 19.6 Å². The van der Waals surface area contributed by atoms with Gasteiger partial charge in [0.15, 0.2) is 5.82 Å². The van der Waals surface area contributed by atoms with Crippen LogP contribution in [0.3, 0.4) is 0 Å². The highest BCUT2D eigenvalue weighted by molar-refractivity contribution is 6.33. The van der Waals surface area contributed by atoms with E-state index in [0.29, 0.717) is 33.6 Å². The number of carbonyl (C=O) groups excluding carboxylic acids is 1. The third-order valence-electron chi connectivity index (χ3n) is 4.63. The predicted molar refractivity (Wildman–Crippen MR) is 109 cm³/mol. The first-order chi connectivity index (χ1) is 13.9. The summed E-state index contributed by atoms with van der Waals surface area (Å²) in [6.45, 7) is 3.70. The predicted octanol–water partition coefficient (Wildman–Crippen LogP) is 4.38. The Hall–Kier alpha value is -3.32. The zero-order chi connectivity index (χ0) is 20.5. The zero-order valence-electron chi connectivity index (χ0n) is 15.8. The molecule has 1 amide bonds. The molecular formula is C21H17ClFN5O. The van der Waals surface area contributed by atoms with Crippen LogP contribution in [0, 0.1) is 19.7 Å². The van der Waals surface area contributed by atoms with Crippen LogP contribution >= 0.6 is 11.6 Å². The van der Waals surface area contributed by atoms with Crippen LogP contribution in [0.15, 0.2) is 48.5 Å². The van der Waals surface area contributed by atoms with Crippen LogP contribution < -0.4 is 5.32 Å². The number of nitrogens with zero attached hydrogens (tertiary/aromatic N) is 4. The smallest absolute Gasteiger partial charge is 0.253 e. The number of aryl methyl sites for hydroxylation is 2. The average molecular weight is 410 g/mol. The van der Waals surface area contributed by atoms with E-state index in [4.69, 9.17) is 11.6 Å². The van der Waals surface area contributed by atoms with Gasteiger partial charge in [0.1, 0.15) is 5.82 Å². The summed E-state index contributed by atoms with van der Waals surface area (Å²) < 4.78 is 14.6. The summed E-state index contributed by atoms with van der Waals surface area (Å²) in [6.07, 6.45) is 0.110. The molecule has 2 aromatic heterocycles. The van der Waals surface area contributed by atoms with E-state index in [1.807, 2.05) is 32.0 Å². The van der Waals surface area contributed by atoms with E-state index in [1.54, 1.807) is 10.6 Å². The molecular weight excluding hydrogens is 393 g/mol. The number of fused-ring (bicyclic) bond motifs is 1. The van der Waals surface area contributed by atoms with Gasteiger partial charge in [0, 0.05) is 28.2 Å². The van der Waals surface area contributed by atoms with Gasteiger partial charge in [0.05, 0.1) is 11.4 Å². The second kappa shape index (κ2) is 7.60. The van der Waals surface area contributed by atoms with Crippen molar-refractivity contribution in [2.75, 3.05) is 5.32 Å². The van der Waals surface area contributed by atoms with Gasteiger partial charge in [0.2, 0.25) is 5.91 Å². The molecule has 0 saturated heterocycles. The van der Waals surface area contributed by atoms with Gasteiger partial charge in [-0.15, -0.1) is 5.10 Å². The standard InChI is InChI=1S/C21H17ClFN5O/c1-12-17(11-19(29)25-15-9-7-14(23)8-10-15)13(2)28-21(24-12)26-20(27-28)16-5-3-4-6-18(16)22/h3-10H,11H2,1-2H3,(H,25,29). The Bertz CT molecular complexity index is 1220. The minimum absolute atomic E-state index is 0.110. The van der Waals surface area contributed by atoms with Crippen LogP contribution in [-0.2, 0) is 11.2 Å². The lowest BCUT2D eigenvalue weighted by atomic mass is 10.1. The van der Waals surface area contributed by atoms with E-state index in [-0.39, 0.29) is 18.1 Å². The quantitative estimate of drug-likeness (QED) is 0.543. The highest BCUT2D eigenvalue weighted by atomic mass is 35.5. The van der Waals surface area contributed by atoms with Gasteiger partial charge in [-0.2, -0.15) is 4.98 Å². The Labute approximate surface area is 171 Å². The Morgan fingerprint density at radius 1 is 1.10 bits per heavy atom. The highest BCUT2D eigenvalue weighted by Crippen LogP contribution is 2.26. The molecule has 4 aromatic rings. The molecule has 146 valence electrons. The van der Waals surface area contributed by atoms with Gasteiger partial charge < -0.3 is 5.32 Å². The third kappa shape index (κ3) is 3.82. The van der Waals surface area contributed by atoms with Crippen molar-refractivity contribution >= 4 is 29.0 Å². The van der Waals surface area contributed by atoms with Crippen molar-refractivity contribution in [2.45, 2.75) is 20.3 Å². The van der Waals surface area contributed by atoms with Crippen molar-refractivity contribution in [2.24, 2.45) is 0 Å². The number of carbonyl (C=O) groups is 1. The fourth-order valence-electron chi connectivity index (χ4n) is 3.12. The number of hydrogen-bond donors (Lipinski definition) is 1. The van der Waals surface area contributed by atoms with Gasteiger partial charge in [0.25, 0.3) is 5.78 Å². The van der Waals surface area contributed by atoms with E-state index in [0.717, 1.165) is 11.3 Å². The van der Waals surface area contributed by atoms with E-state index >= 15 is 0 Å². The van der Waals surface area contributed by atoms with Crippen molar-refractivity contribution in [3.05, 3.63) is 76.3 Å². The number of aromatic nitrogens is 4. The van der Waals surface area contributed by atoms with Crippen LogP contribution in [0.4, 0.5) is 10.1 Å². The molecule has 0 fully saturated rings. The number of amides is 1. The van der Waals surface area contributed by atoms with Crippen molar-refractivity contribution in [1.29, 1.82) is 0 Å². The Kier molecular flexibility index (Phi) is 4.98. The summed E-state index contributed by atoms with van der Waals surface area (Å²) in [4.78, 5) is 21.5. The maximum atomic E-state index is 13.0. The molecule has 6 nitrogen and oxygen atoms in total. The zero-order valence-corrected chi connectivity index (χ0v) is 16.5. The maximum absolute atomic E-state index is 13.0. The normalized spacial score (nSPS) is 11.0. The van der Waals surface area contributed by atoms with E-state index in [1.165, 1.54) is 24.3 Å². The maximum Gasteiger partial charge on any atom is 0.253 e. The van der Waals surface area contributed by atoms with Crippen molar-refractivity contribution in [3.63, 3.8) is 0 Å². The summed E-state index contributed by atoms with van der Waals surface area (Å²) in [5.74, 6) is 0.330. The van der Waals surface area contributed by atoms with Gasteiger partial charge >= 0.3 is 0 Å². The van der Waals surface area contributed by atoms with E-state index in [2.05, 4.69) is 20.4 Å². The van der Waals surface area contributed by atoms with Gasteiger partial charge in [-0.25, -0.2) is 13.9 Å². The van der Waals surface area contributed by atoms with Crippen molar-refractivity contribution in [3.8, 4) is 11.4 Å². The van der Waals surface area contributed by atoms with Crippen LogP contribution in [0.2, 0.25) is 5.02 Å². The fraction of sp³-hybridized carbons (Fsp3) is 0.143. The van der Waals surface area contributed by atoms with Gasteiger partial charge in [-0.3, -0.25) is 4.79 Å². The summed E-state index contributed by atoms with van der Waals surface area (Å²) in [7, 11) is 0. The molecule has 0 unspecified atom stereocenters. The van der Waals surface area contributed by atoms with E-state index in [9.17, 15) is 9.18 Å². The fourth-order valence-corrected chi connectivity index (χ4v) is 3.34. The van der Waals surface area contributed by atoms with Crippen LogP contribution in [0.25, 0.3) is 17.2 Å². The molecule has 0 radical (unpaired) electrons. The number of rotatable bonds is 4. The number of nitrogens with one attached hydrogen (secondary N) is 1. The van der Waals surface area contributed by atoms with E-state index < -0.39 is 0 Å². The monoisotopic (exact) mass is 409 g/mol. The molecule has 4 rings (SSSR count). The molecule has 0 aliphatic heterocycles. The molecule has 0 spiro atoms. The molecule has 0 aliphatic rings. The second-order valence-electron chi connectivity index (χ2n) is 6.62. The molecule has 0 aliphatic carbocycles. The summed E-state index contributed by atoms with van der Waals surface area (Å²) >= 11 is 6.26. The number of anilines is 1. The number of benzene rings is 2. The third-order valence-corrected chi connectivity index (χ3v) is 4.96. The molecule has 29 heavy (non-hydrogen) atoms. The Morgan fingerprint density at radius 2 is 1.83 bits per heavy atom. The first-order valence-electron chi connectivity index (χ1n) is 8.95. The first-order valence-corrected chi connectivity index (χ1v) is 9.33. The molecule has 0 atom stereocenters. The largest absolute Gasteiger partial charge is 0.326 e. The molecule has 8 heteroatoms. The molecule has 2 heterocycles. The number of halogens is 2. The first kappa shape index (κ1) is 19.0. The lowest BCUT2D eigenvalue weighted by molar-refractivity contribution is -0.115. The minimum Gasteiger partial charge on any atom is -0.326 e. The highest BCUT2D eigenvalue weighted by Gasteiger charge is 2.17. The molecule has 0 bridgehead atoms. The van der Waals surface area contributed by atoms with Gasteiger partial charge in [-0.1, -0.05) is 23.7 Å². The van der Waals surface area contributed by atoms with Crippen LogP contribution in [-0.4, -0.2) is 25.5 Å². The molecule has 0 saturated carbocycles. The minimum atomic E-state index is -0.357. The average Bonchev–Trinajstić information content (AvgIpc) is 3.11. The molecule has 1 N–H and O–H groups in total. The van der Waals surface area contributed by atoms with Gasteiger partial charge in [-0.05, 0) is 50.2 Å². The number of hydrogen-bond acceptors (Lipinski definition) is 4. The SMILES string of the molecule is Cc1nc2nc(-c3ccccc3Cl)nn2c(C)c1CC(=O)Nc1ccc(F)cc1. The lowest BCUT2D eigenvalue weighted by Gasteiger charge is -2.10. The summed E-state index contributed by atoms with van der Waals surface area (Å²) in [5.41, 5.74) is 3.47. The van der Waals surface area contributed by atoms with Crippen LogP contribution in [0.5, 0.6) is 0 Å². The second-order valence-corrected chi connectivity index (χ2v) is 7.03. The molecule has 2 aromatic carbocycles. The van der Waals surface area contributed by atoms with Crippen LogP contribution in [0.1, 0.15) is 17.0 Å². The lowest BCUT2D eigenvalue weighted by Crippen LogP contribution is -2.17. The Balaban J connectivity index is 1.65. The Morgan fingerprint density at radius 3 is 2.55 bits per heavy atom. The topological polar surface area (TPSA) is 72.2 Å². The summed E-state index contributed by atoms with van der Waals surface area (Å²) in [5, 5.41) is 7.85.